The molecule has 60 heavy (non-hydrogen) atoms. The molecule has 12 nitrogen and oxygen atoms in total. The number of fused-ring (bicyclic) bond motifs is 1. The second-order valence-corrected chi connectivity index (χ2v) is 21.7. The predicted octanol–water partition coefficient (Wildman–Crippen LogP) is 6.57. The van der Waals surface area contributed by atoms with Gasteiger partial charge in [-0.05, 0) is 79.4 Å². The van der Waals surface area contributed by atoms with Gasteiger partial charge in [0.25, 0.3) is 8.32 Å². The first-order valence-corrected chi connectivity index (χ1v) is 23.0. The average Bonchev–Trinajstić information content (AvgIpc) is 4.00. The van der Waals surface area contributed by atoms with Crippen molar-refractivity contribution in [3.63, 3.8) is 0 Å². The Morgan fingerprint density at radius 3 is 2.20 bits per heavy atom. The number of aromatic nitrogens is 5. The number of methoxy groups -OCH3 is 2. The quantitative estimate of drug-likeness (QED) is 0.125. The highest BCUT2D eigenvalue weighted by molar-refractivity contribution is 6.99. The highest BCUT2D eigenvalue weighted by atomic mass is 28.4. The molecule has 0 radical (unpaired) electrons. The number of nitrogens with zero attached hydrogens (tertiary/aromatic N) is 6. The van der Waals surface area contributed by atoms with Crippen molar-refractivity contribution in [2.24, 2.45) is 13.0 Å². The normalized spacial score (nSPS) is 19.1. The number of nitrogens with one attached hydrogen (secondary N) is 2. The van der Waals surface area contributed by atoms with E-state index in [1.165, 1.54) is 10.4 Å². The minimum atomic E-state index is -3.02. The van der Waals surface area contributed by atoms with E-state index in [9.17, 15) is 4.79 Å². The van der Waals surface area contributed by atoms with Crippen LogP contribution in [-0.2, 0) is 22.8 Å². The number of ether oxygens (including phenoxy) is 2. The fourth-order valence-electron chi connectivity index (χ4n) is 9.41. The molecule has 1 amide bonds. The fraction of sp³-hybridized carbons (Fsp3) is 0.404. The molecule has 13 heteroatoms. The van der Waals surface area contributed by atoms with Crippen LogP contribution in [0, 0.1) is 5.92 Å². The molecule has 6 aromatic rings. The molecule has 2 N–H and O–H groups in total. The van der Waals surface area contributed by atoms with E-state index in [1.807, 2.05) is 42.2 Å². The van der Waals surface area contributed by atoms with Crippen molar-refractivity contribution in [1.29, 1.82) is 0 Å². The fourth-order valence-corrected chi connectivity index (χ4v) is 14.1. The van der Waals surface area contributed by atoms with Crippen molar-refractivity contribution in [3.8, 4) is 22.8 Å². The third-order valence-electron chi connectivity index (χ3n) is 12.6. The van der Waals surface area contributed by atoms with Crippen molar-refractivity contribution in [1.82, 2.24) is 34.5 Å². The molecular formula is C47H58N8O4Si. The molecule has 3 aromatic heterocycles. The van der Waals surface area contributed by atoms with E-state index in [1.54, 1.807) is 20.5 Å². The van der Waals surface area contributed by atoms with Gasteiger partial charge < -0.3 is 34.0 Å². The molecule has 2 fully saturated rings. The largest absolute Gasteiger partial charge is 0.497 e. The summed E-state index contributed by atoms with van der Waals surface area (Å²) in [5.41, 5.74) is 3.47. The molecular weight excluding hydrogens is 769 g/mol. The lowest BCUT2D eigenvalue weighted by atomic mass is 10.0. The lowest BCUT2D eigenvalue weighted by Crippen LogP contribution is -2.68. The van der Waals surface area contributed by atoms with Gasteiger partial charge in [0.1, 0.15) is 29.3 Å². The van der Waals surface area contributed by atoms with Crippen LogP contribution in [0.5, 0.6) is 11.5 Å². The smallest absolute Gasteiger partial charge is 0.261 e. The van der Waals surface area contributed by atoms with Crippen molar-refractivity contribution in [2.45, 2.75) is 76.2 Å². The lowest BCUT2D eigenvalue weighted by Gasteiger charge is -2.45. The van der Waals surface area contributed by atoms with Gasteiger partial charge in [0, 0.05) is 55.3 Å². The number of piperidine rings is 1. The minimum absolute atomic E-state index is 0.0711. The summed E-state index contributed by atoms with van der Waals surface area (Å²) in [5, 5.41) is 15.0. The zero-order valence-electron chi connectivity index (χ0n) is 35.9. The van der Waals surface area contributed by atoms with Crippen molar-refractivity contribution < 1.29 is 18.7 Å². The molecule has 2 aliphatic rings. The summed E-state index contributed by atoms with van der Waals surface area (Å²) in [6.45, 7) is 9.28. The van der Waals surface area contributed by atoms with Crippen LogP contribution in [0.15, 0.2) is 104 Å². The maximum atomic E-state index is 14.8. The van der Waals surface area contributed by atoms with Crippen LogP contribution >= 0.6 is 0 Å². The topological polar surface area (TPSA) is 121 Å². The van der Waals surface area contributed by atoms with Gasteiger partial charge in [0.15, 0.2) is 0 Å². The number of carbonyl (C=O) groups excluding carboxylic acids is 1. The van der Waals surface area contributed by atoms with E-state index in [0.29, 0.717) is 25.2 Å². The van der Waals surface area contributed by atoms with E-state index in [4.69, 9.17) is 29.0 Å². The molecule has 1 aliphatic carbocycles. The number of hydrogen-bond acceptors (Lipinski definition) is 9. The molecule has 1 saturated heterocycles. The van der Waals surface area contributed by atoms with Crippen LogP contribution in [0.4, 0.5) is 5.82 Å². The van der Waals surface area contributed by atoms with Gasteiger partial charge in [-0.25, -0.2) is 9.97 Å². The first kappa shape index (κ1) is 41.2. The van der Waals surface area contributed by atoms with Gasteiger partial charge >= 0.3 is 0 Å². The summed E-state index contributed by atoms with van der Waals surface area (Å²) in [4.78, 5) is 26.9. The number of amides is 1. The van der Waals surface area contributed by atoms with Crippen LogP contribution in [-0.4, -0.2) is 89.9 Å². The SMILES string of the molecule is COc1ccc(CNc2ncnc3c2c(-c2ccn(C)n2)cn3[C@H]2C[C@H](O[Si](c3ccccc3)(c3ccccc3)C(C)(C)C)[C@@H](C(=O)NC3CCN(C)CC3)C2)c(OC)c1. The summed E-state index contributed by atoms with van der Waals surface area (Å²) in [5.74, 6) is 1.82. The monoisotopic (exact) mass is 826 g/mol. The lowest BCUT2D eigenvalue weighted by molar-refractivity contribution is -0.128. The molecule has 314 valence electrons. The van der Waals surface area contributed by atoms with Gasteiger partial charge in [0.05, 0.1) is 37.3 Å². The summed E-state index contributed by atoms with van der Waals surface area (Å²) in [6.07, 6.45) is 8.47. The highest BCUT2D eigenvalue weighted by Crippen LogP contribution is 2.46. The second kappa shape index (κ2) is 17.2. The molecule has 0 bridgehead atoms. The first-order valence-electron chi connectivity index (χ1n) is 21.1. The number of benzene rings is 3. The Kier molecular flexibility index (Phi) is 11.8. The number of hydrogen-bond donors (Lipinski definition) is 2. The maximum absolute atomic E-state index is 14.8. The minimum Gasteiger partial charge on any atom is -0.497 e. The Morgan fingerprint density at radius 2 is 1.58 bits per heavy atom. The third kappa shape index (κ3) is 8.05. The van der Waals surface area contributed by atoms with Gasteiger partial charge in [-0.1, -0.05) is 81.4 Å². The molecule has 1 aliphatic heterocycles. The third-order valence-corrected chi connectivity index (χ3v) is 17.6. The Balaban J connectivity index is 1.21. The molecule has 4 heterocycles. The van der Waals surface area contributed by atoms with Crippen molar-refractivity contribution in [2.75, 3.05) is 39.7 Å². The number of likely N-dealkylation sites (tertiary alicyclic amines) is 1. The summed E-state index contributed by atoms with van der Waals surface area (Å²) >= 11 is 0. The molecule has 3 atom stereocenters. The molecule has 1 saturated carbocycles. The van der Waals surface area contributed by atoms with Gasteiger partial charge in [0.2, 0.25) is 5.91 Å². The first-order chi connectivity index (χ1) is 29.0. The Morgan fingerprint density at radius 1 is 0.883 bits per heavy atom. The van der Waals surface area contributed by atoms with E-state index in [0.717, 1.165) is 65.3 Å². The number of anilines is 1. The summed E-state index contributed by atoms with van der Waals surface area (Å²) < 4.78 is 23.1. The Hall–Kier alpha value is -5.50. The zero-order chi connectivity index (χ0) is 42.0. The van der Waals surface area contributed by atoms with E-state index >= 15 is 0 Å². The zero-order valence-corrected chi connectivity index (χ0v) is 36.9. The van der Waals surface area contributed by atoms with Crippen LogP contribution in [0.2, 0.25) is 5.04 Å². The molecule has 0 spiro atoms. The number of rotatable bonds is 13. The number of aryl methyl sites for hydroxylation is 1. The molecule has 0 unspecified atom stereocenters. The highest BCUT2D eigenvalue weighted by Gasteiger charge is 2.54. The molecule has 8 rings (SSSR count). The molecule has 3 aromatic carbocycles. The standard InChI is InChI=1S/C47H58N8O4Si/c1-47(2,3)60(36-14-10-8-11-15-36,37-16-12-9-13-17-37)59-42-27-34(26-38(42)46(56)51-33-20-23-53(4)24-21-33)55-30-39(40-22-25-54(5)52-40)43-44(49-31-50-45(43)55)48-29-32-18-19-35(57-6)28-41(32)58-7/h8-19,22,25,28,30-31,33-34,38,42H,20-21,23-24,26-27,29H2,1-7H3,(H,51,56)(H,48,49,50)/t34-,38+,42+/m1/s1. The summed E-state index contributed by atoms with van der Waals surface area (Å²) in [7, 11) is 4.35. The maximum Gasteiger partial charge on any atom is 0.261 e. The Labute approximate surface area is 354 Å². The van der Waals surface area contributed by atoms with Crippen LogP contribution in [0.25, 0.3) is 22.3 Å². The van der Waals surface area contributed by atoms with Crippen LogP contribution < -0.4 is 30.5 Å². The van der Waals surface area contributed by atoms with Crippen molar-refractivity contribution >= 4 is 41.4 Å². The van der Waals surface area contributed by atoms with E-state index in [2.05, 4.69) is 115 Å². The summed E-state index contributed by atoms with van der Waals surface area (Å²) in [6, 6.07) is 29.3. The predicted molar refractivity (Wildman–Crippen MR) is 240 cm³/mol. The van der Waals surface area contributed by atoms with Gasteiger partial charge in [-0.3, -0.25) is 9.48 Å². The van der Waals surface area contributed by atoms with Gasteiger partial charge in [-0.15, -0.1) is 0 Å². The number of carbonyl (C=O) groups is 1. The van der Waals surface area contributed by atoms with Crippen molar-refractivity contribution in [3.05, 3.63) is 109 Å². The van der Waals surface area contributed by atoms with E-state index in [-0.39, 0.29) is 35.1 Å². The van der Waals surface area contributed by atoms with E-state index < -0.39 is 8.32 Å². The van der Waals surface area contributed by atoms with Gasteiger partial charge in [-0.2, -0.15) is 5.10 Å². The average molecular weight is 827 g/mol. The Bertz CT molecular complexity index is 2370. The van der Waals surface area contributed by atoms with Crippen LogP contribution in [0.3, 0.4) is 0 Å². The second-order valence-electron chi connectivity index (χ2n) is 17.4. The van der Waals surface area contributed by atoms with Crippen LogP contribution in [0.1, 0.15) is 58.1 Å².